The molecule has 7 heteroatoms. The number of ether oxygens (including phenoxy) is 2. The van der Waals surface area contributed by atoms with E-state index in [1.165, 1.54) is 0 Å². The summed E-state index contributed by atoms with van der Waals surface area (Å²) >= 11 is 0. The quantitative estimate of drug-likeness (QED) is 0.719. The number of nitrogens with one attached hydrogen (secondary N) is 1. The van der Waals surface area contributed by atoms with Gasteiger partial charge in [0.05, 0.1) is 18.8 Å². The van der Waals surface area contributed by atoms with Crippen molar-refractivity contribution in [3.05, 3.63) is 65.2 Å². The molecule has 0 aliphatic carbocycles. The minimum Gasteiger partial charge on any atom is -0.488 e. The monoisotopic (exact) mass is 383 g/mol. The van der Waals surface area contributed by atoms with Crippen LogP contribution < -0.4 is 15.8 Å². The number of nitrogens with zero attached hydrogens (tertiary/aromatic N) is 1. The molecule has 1 saturated heterocycles. The van der Waals surface area contributed by atoms with E-state index in [-0.39, 0.29) is 12.5 Å². The summed E-state index contributed by atoms with van der Waals surface area (Å²) in [4.78, 5) is 26.1. The molecular weight excluding hydrogens is 358 g/mol. The van der Waals surface area contributed by atoms with E-state index in [1.807, 2.05) is 12.1 Å². The summed E-state index contributed by atoms with van der Waals surface area (Å²) in [5.74, 6) is -0.230. The number of benzene rings is 2. The Balaban J connectivity index is 1.53. The number of rotatable bonds is 8. The Kier molecular flexibility index (Phi) is 7.00. The molecular formula is C21H25N3O4. The fourth-order valence-electron chi connectivity index (χ4n) is 3.01. The molecule has 1 aliphatic rings. The van der Waals surface area contributed by atoms with E-state index in [0.29, 0.717) is 23.4 Å². The Hall–Kier alpha value is -2.90. The van der Waals surface area contributed by atoms with E-state index in [2.05, 4.69) is 10.2 Å². The van der Waals surface area contributed by atoms with Crippen molar-refractivity contribution in [2.75, 3.05) is 39.4 Å². The lowest BCUT2D eigenvalue weighted by atomic mass is 10.1. The Morgan fingerprint density at radius 2 is 1.89 bits per heavy atom. The van der Waals surface area contributed by atoms with Gasteiger partial charge in [0.25, 0.3) is 11.8 Å². The van der Waals surface area contributed by atoms with Crippen molar-refractivity contribution in [2.45, 2.75) is 6.61 Å². The summed E-state index contributed by atoms with van der Waals surface area (Å²) in [6, 6.07) is 14.1. The first-order valence-electron chi connectivity index (χ1n) is 9.32. The smallest absolute Gasteiger partial charge is 0.252 e. The molecule has 0 aromatic heterocycles. The molecule has 7 nitrogen and oxygen atoms in total. The maximum atomic E-state index is 12.4. The van der Waals surface area contributed by atoms with E-state index in [1.54, 1.807) is 36.4 Å². The molecule has 2 amide bonds. The van der Waals surface area contributed by atoms with Crippen LogP contribution in [-0.2, 0) is 11.3 Å². The number of hydrogen-bond acceptors (Lipinski definition) is 5. The van der Waals surface area contributed by atoms with Crippen molar-refractivity contribution < 1.29 is 19.1 Å². The zero-order valence-electron chi connectivity index (χ0n) is 15.7. The molecule has 2 aromatic carbocycles. The Morgan fingerprint density at radius 1 is 1.11 bits per heavy atom. The highest BCUT2D eigenvalue weighted by atomic mass is 16.5. The van der Waals surface area contributed by atoms with Crippen LogP contribution in [0.25, 0.3) is 0 Å². The lowest BCUT2D eigenvalue weighted by molar-refractivity contribution is 0.0383. The van der Waals surface area contributed by atoms with Gasteiger partial charge in [-0.3, -0.25) is 14.5 Å². The molecule has 2 aromatic rings. The molecule has 0 atom stereocenters. The zero-order valence-corrected chi connectivity index (χ0v) is 15.7. The first-order chi connectivity index (χ1) is 13.6. The number of carbonyl (C=O) groups excluding carboxylic acids is 2. The van der Waals surface area contributed by atoms with Gasteiger partial charge in [0.15, 0.2) is 0 Å². The summed E-state index contributed by atoms with van der Waals surface area (Å²) in [7, 11) is 0. The molecule has 28 heavy (non-hydrogen) atoms. The van der Waals surface area contributed by atoms with E-state index in [9.17, 15) is 9.59 Å². The molecule has 0 saturated carbocycles. The zero-order chi connectivity index (χ0) is 19.8. The maximum Gasteiger partial charge on any atom is 0.252 e. The molecule has 0 unspecified atom stereocenters. The summed E-state index contributed by atoms with van der Waals surface area (Å²) in [5, 5.41) is 2.95. The second kappa shape index (κ2) is 9.87. The summed E-state index contributed by atoms with van der Waals surface area (Å²) < 4.78 is 11.0. The van der Waals surface area contributed by atoms with Crippen molar-refractivity contribution in [3.63, 3.8) is 0 Å². The first-order valence-corrected chi connectivity index (χ1v) is 9.32. The van der Waals surface area contributed by atoms with Gasteiger partial charge in [0, 0.05) is 31.7 Å². The highest BCUT2D eigenvalue weighted by molar-refractivity contribution is 5.95. The summed E-state index contributed by atoms with van der Waals surface area (Å²) in [5.41, 5.74) is 7.11. The molecule has 1 aliphatic heterocycles. The number of nitrogens with two attached hydrogens (primary N) is 1. The number of carbonyl (C=O) groups is 2. The predicted octanol–water partition coefficient (Wildman–Crippen LogP) is 1.43. The van der Waals surface area contributed by atoms with Gasteiger partial charge >= 0.3 is 0 Å². The Labute approximate surface area is 164 Å². The number of hydrogen-bond donors (Lipinski definition) is 2. The standard InChI is InChI=1S/C21H25N3O4/c22-20(25)18-6-1-2-7-19(18)28-15-16-4-3-5-17(14-16)21(26)23-8-9-24-10-12-27-13-11-24/h1-7,14H,8-13,15H2,(H2,22,25)(H,23,26). The van der Waals surface area contributed by atoms with E-state index in [4.69, 9.17) is 15.2 Å². The van der Waals surface area contributed by atoms with Crippen LogP contribution in [0.1, 0.15) is 26.3 Å². The topological polar surface area (TPSA) is 93.9 Å². The largest absolute Gasteiger partial charge is 0.488 e. The molecule has 0 radical (unpaired) electrons. The van der Waals surface area contributed by atoms with Crippen molar-refractivity contribution in [2.24, 2.45) is 5.73 Å². The average Bonchev–Trinajstić information content (AvgIpc) is 2.73. The van der Waals surface area contributed by atoms with Crippen LogP contribution in [0.3, 0.4) is 0 Å². The van der Waals surface area contributed by atoms with Gasteiger partial charge in [0.1, 0.15) is 12.4 Å². The third-order valence-corrected chi connectivity index (χ3v) is 4.55. The van der Waals surface area contributed by atoms with Crippen LogP contribution in [0.15, 0.2) is 48.5 Å². The van der Waals surface area contributed by atoms with E-state index < -0.39 is 5.91 Å². The molecule has 0 bridgehead atoms. The van der Waals surface area contributed by atoms with Crippen molar-refractivity contribution in [1.29, 1.82) is 0 Å². The van der Waals surface area contributed by atoms with E-state index in [0.717, 1.165) is 38.4 Å². The number of primary amides is 1. The van der Waals surface area contributed by atoms with Gasteiger partial charge in [-0.25, -0.2) is 0 Å². The van der Waals surface area contributed by atoms with Crippen LogP contribution in [-0.4, -0.2) is 56.1 Å². The van der Waals surface area contributed by atoms with E-state index >= 15 is 0 Å². The minimum atomic E-state index is -0.538. The number of morpholine rings is 1. The molecule has 1 heterocycles. The average molecular weight is 383 g/mol. The second-order valence-corrected chi connectivity index (χ2v) is 6.56. The molecule has 0 spiro atoms. The van der Waals surface area contributed by atoms with Crippen molar-refractivity contribution in [1.82, 2.24) is 10.2 Å². The van der Waals surface area contributed by atoms with Crippen LogP contribution in [0, 0.1) is 0 Å². The number of para-hydroxylation sites is 1. The Bertz CT molecular complexity index is 819. The summed E-state index contributed by atoms with van der Waals surface area (Å²) in [6.07, 6.45) is 0. The molecule has 1 fully saturated rings. The lowest BCUT2D eigenvalue weighted by Gasteiger charge is -2.26. The fourth-order valence-corrected chi connectivity index (χ4v) is 3.01. The minimum absolute atomic E-state index is 0.118. The molecule has 3 rings (SSSR count). The number of amides is 2. The second-order valence-electron chi connectivity index (χ2n) is 6.56. The molecule has 3 N–H and O–H groups in total. The normalized spacial score (nSPS) is 14.4. The predicted molar refractivity (Wildman–Crippen MR) is 105 cm³/mol. The van der Waals surface area contributed by atoms with Crippen LogP contribution in [0.2, 0.25) is 0 Å². The molecule has 148 valence electrons. The third kappa shape index (κ3) is 5.55. The SMILES string of the molecule is NC(=O)c1ccccc1OCc1cccc(C(=O)NCCN2CCOCC2)c1. The van der Waals surface area contributed by atoms with Gasteiger partial charge in [-0.2, -0.15) is 0 Å². The van der Waals surface area contributed by atoms with Gasteiger partial charge < -0.3 is 20.5 Å². The van der Waals surface area contributed by atoms with Crippen molar-refractivity contribution >= 4 is 11.8 Å². The highest BCUT2D eigenvalue weighted by Gasteiger charge is 2.12. The fraction of sp³-hybridized carbons (Fsp3) is 0.333. The highest BCUT2D eigenvalue weighted by Crippen LogP contribution is 2.19. The van der Waals surface area contributed by atoms with Crippen LogP contribution in [0.4, 0.5) is 0 Å². The van der Waals surface area contributed by atoms with Gasteiger partial charge in [-0.05, 0) is 29.8 Å². The third-order valence-electron chi connectivity index (χ3n) is 4.55. The summed E-state index contributed by atoms with van der Waals surface area (Å²) in [6.45, 7) is 4.92. The lowest BCUT2D eigenvalue weighted by Crippen LogP contribution is -2.41. The van der Waals surface area contributed by atoms with Gasteiger partial charge in [0.2, 0.25) is 0 Å². The van der Waals surface area contributed by atoms with Crippen LogP contribution >= 0.6 is 0 Å². The van der Waals surface area contributed by atoms with Gasteiger partial charge in [-0.15, -0.1) is 0 Å². The van der Waals surface area contributed by atoms with Crippen molar-refractivity contribution in [3.8, 4) is 5.75 Å². The Morgan fingerprint density at radius 3 is 2.68 bits per heavy atom. The first kappa shape index (κ1) is 19.9. The van der Waals surface area contributed by atoms with Gasteiger partial charge in [-0.1, -0.05) is 24.3 Å². The maximum absolute atomic E-state index is 12.4. The van der Waals surface area contributed by atoms with Crippen LogP contribution in [0.5, 0.6) is 5.75 Å².